The Labute approximate surface area is 158 Å². The first-order valence-electron chi connectivity index (χ1n) is 9.35. The fraction of sp³-hybridized carbons (Fsp3) is 0.571. The third-order valence-electron chi connectivity index (χ3n) is 4.27. The highest BCUT2D eigenvalue weighted by atomic mass is 16.5. The lowest BCUT2D eigenvalue weighted by Crippen LogP contribution is -2.39. The monoisotopic (exact) mass is 362 g/mol. The van der Waals surface area contributed by atoms with Gasteiger partial charge in [-0.15, -0.1) is 0 Å². The van der Waals surface area contributed by atoms with Crippen molar-refractivity contribution in [3.63, 3.8) is 0 Å². The summed E-state index contributed by atoms with van der Waals surface area (Å²) in [5.41, 5.74) is 0.878. The van der Waals surface area contributed by atoms with Gasteiger partial charge in [-0.1, -0.05) is 27.7 Å². The second-order valence-corrected chi connectivity index (χ2v) is 6.68. The summed E-state index contributed by atoms with van der Waals surface area (Å²) in [5.74, 6) is 1.88. The lowest BCUT2D eigenvalue weighted by Gasteiger charge is -2.27. The molecule has 0 N–H and O–H groups in total. The van der Waals surface area contributed by atoms with Crippen LogP contribution in [-0.4, -0.2) is 62.7 Å². The van der Waals surface area contributed by atoms with E-state index in [1.807, 2.05) is 29.2 Å². The lowest BCUT2D eigenvalue weighted by atomic mass is 10.1. The minimum absolute atomic E-state index is 0.0349. The third-order valence-corrected chi connectivity index (χ3v) is 4.27. The second-order valence-electron chi connectivity index (χ2n) is 6.68. The predicted molar refractivity (Wildman–Crippen MR) is 108 cm³/mol. The molecule has 5 nitrogen and oxygen atoms in total. The highest BCUT2D eigenvalue weighted by Gasteiger charge is 2.13. The fourth-order valence-electron chi connectivity index (χ4n) is 2.73. The molecule has 0 spiro atoms. The molecular formula is C21H34N2O3. The SMILES string of the molecule is CCN(CC)CCN(CC(C)C)C(=O)C=Cc1cc(OC)cc(OC)c1. The average Bonchev–Trinajstić information content (AvgIpc) is 2.65. The van der Waals surface area contributed by atoms with Crippen LogP contribution in [0.5, 0.6) is 11.5 Å². The maximum absolute atomic E-state index is 12.7. The molecule has 1 amide bonds. The van der Waals surface area contributed by atoms with Crippen LogP contribution in [0.25, 0.3) is 6.08 Å². The van der Waals surface area contributed by atoms with E-state index < -0.39 is 0 Å². The van der Waals surface area contributed by atoms with Gasteiger partial charge in [-0.2, -0.15) is 0 Å². The molecule has 5 heteroatoms. The topological polar surface area (TPSA) is 42.0 Å². The van der Waals surface area contributed by atoms with E-state index in [-0.39, 0.29) is 5.91 Å². The van der Waals surface area contributed by atoms with E-state index in [2.05, 4.69) is 32.6 Å². The van der Waals surface area contributed by atoms with Gasteiger partial charge >= 0.3 is 0 Å². The molecule has 0 bridgehead atoms. The zero-order chi connectivity index (χ0) is 19.5. The molecule has 0 fully saturated rings. The number of benzene rings is 1. The van der Waals surface area contributed by atoms with Crippen molar-refractivity contribution in [1.82, 2.24) is 9.80 Å². The Hall–Kier alpha value is -2.01. The van der Waals surface area contributed by atoms with E-state index in [4.69, 9.17) is 9.47 Å². The Morgan fingerprint density at radius 2 is 1.62 bits per heavy atom. The molecule has 0 unspecified atom stereocenters. The molecule has 0 aromatic heterocycles. The lowest BCUT2D eigenvalue weighted by molar-refractivity contribution is -0.126. The second kappa shape index (κ2) is 11.6. The molecule has 0 aliphatic carbocycles. The van der Waals surface area contributed by atoms with Crippen molar-refractivity contribution in [3.8, 4) is 11.5 Å². The summed E-state index contributed by atoms with van der Waals surface area (Å²) >= 11 is 0. The number of likely N-dealkylation sites (N-methyl/N-ethyl adjacent to an activating group) is 1. The highest BCUT2D eigenvalue weighted by molar-refractivity contribution is 5.91. The van der Waals surface area contributed by atoms with Crippen LogP contribution < -0.4 is 9.47 Å². The Morgan fingerprint density at radius 3 is 2.08 bits per heavy atom. The summed E-state index contributed by atoms with van der Waals surface area (Å²) in [5, 5.41) is 0. The van der Waals surface area contributed by atoms with Crippen molar-refractivity contribution in [2.45, 2.75) is 27.7 Å². The third kappa shape index (κ3) is 7.48. The van der Waals surface area contributed by atoms with Crippen LogP contribution in [0.2, 0.25) is 0 Å². The van der Waals surface area contributed by atoms with Crippen molar-refractivity contribution in [2.24, 2.45) is 5.92 Å². The molecule has 0 saturated heterocycles. The van der Waals surface area contributed by atoms with Crippen LogP contribution in [-0.2, 0) is 4.79 Å². The van der Waals surface area contributed by atoms with Crippen molar-refractivity contribution >= 4 is 12.0 Å². The summed E-state index contributed by atoms with van der Waals surface area (Å²) < 4.78 is 10.6. The number of methoxy groups -OCH3 is 2. The van der Waals surface area contributed by atoms with E-state index >= 15 is 0 Å². The maximum atomic E-state index is 12.7. The number of hydrogen-bond acceptors (Lipinski definition) is 4. The number of nitrogens with zero attached hydrogens (tertiary/aromatic N) is 2. The van der Waals surface area contributed by atoms with Crippen LogP contribution >= 0.6 is 0 Å². The molecule has 0 aliphatic rings. The maximum Gasteiger partial charge on any atom is 0.246 e. The number of hydrogen-bond donors (Lipinski definition) is 0. The largest absolute Gasteiger partial charge is 0.497 e. The molecular weight excluding hydrogens is 328 g/mol. The Bertz CT molecular complexity index is 558. The fourth-order valence-corrected chi connectivity index (χ4v) is 2.73. The van der Waals surface area contributed by atoms with Gasteiger partial charge in [0.2, 0.25) is 5.91 Å². The summed E-state index contributed by atoms with van der Waals surface area (Å²) in [6, 6.07) is 5.58. The quantitative estimate of drug-likeness (QED) is 0.565. The zero-order valence-corrected chi connectivity index (χ0v) is 17.1. The summed E-state index contributed by atoms with van der Waals surface area (Å²) in [4.78, 5) is 17.0. The van der Waals surface area contributed by atoms with E-state index in [9.17, 15) is 4.79 Å². The standard InChI is InChI=1S/C21H34N2O3/c1-7-22(8-2)11-12-23(16-17(3)4)21(24)10-9-18-13-19(25-5)15-20(14-18)26-6/h9-10,13-15,17H,7-8,11-12,16H2,1-6H3. The normalized spacial score (nSPS) is 11.4. The number of carbonyl (C=O) groups is 1. The molecule has 0 radical (unpaired) electrons. The Morgan fingerprint density at radius 1 is 1.04 bits per heavy atom. The predicted octanol–water partition coefficient (Wildman–Crippen LogP) is 3.54. The van der Waals surface area contributed by atoms with Gasteiger partial charge in [0.15, 0.2) is 0 Å². The minimum atomic E-state index is 0.0349. The summed E-state index contributed by atoms with van der Waals surface area (Å²) in [7, 11) is 3.23. The van der Waals surface area contributed by atoms with Crippen molar-refractivity contribution < 1.29 is 14.3 Å². The summed E-state index contributed by atoms with van der Waals surface area (Å²) in [6.45, 7) is 13.0. The van der Waals surface area contributed by atoms with Crippen LogP contribution in [0.15, 0.2) is 24.3 Å². The van der Waals surface area contributed by atoms with Crippen LogP contribution in [0.4, 0.5) is 0 Å². The van der Waals surface area contributed by atoms with Gasteiger partial charge in [0.1, 0.15) is 11.5 Å². The van der Waals surface area contributed by atoms with Gasteiger partial charge in [-0.25, -0.2) is 0 Å². The van der Waals surface area contributed by atoms with E-state index in [1.54, 1.807) is 20.3 Å². The van der Waals surface area contributed by atoms with E-state index in [0.717, 1.165) is 38.3 Å². The molecule has 0 aliphatic heterocycles. The number of carbonyl (C=O) groups excluding carboxylic acids is 1. The molecule has 1 rings (SSSR count). The Kier molecular flexibility index (Phi) is 9.81. The Balaban J connectivity index is 2.85. The van der Waals surface area contributed by atoms with Crippen molar-refractivity contribution in [3.05, 3.63) is 29.8 Å². The van der Waals surface area contributed by atoms with Gasteiger partial charge in [0.25, 0.3) is 0 Å². The van der Waals surface area contributed by atoms with Crippen molar-refractivity contribution in [2.75, 3.05) is 46.9 Å². The van der Waals surface area contributed by atoms with Gasteiger partial charge < -0.3 is 19.3 Å². The van der Waals surface area contributed by atoms with Gasteiger partial charge in [-0.05, 0) is 42.8 Å². The molecule has 26 heavy (non-hydrogen) atoms. The van der Waals surface area contributed by atoms with Crippen molar-refractivity contribution in [1.29, 1.82) is 0 Å². The summed E-state index contributed by atoms with van der Waals surface area (Å²) in [6.07, 6.45) is 3.46. The van der Waals surface area contributed by atoms with Gasteiger partial charge in [0, 0.05) is 31.8 Å². The van der Waals surface area contributed by atoms with Gasteiger partial charge in [0.05, 0.1) is 14.2 Å². The highest BCUT2D eigenvalue weighted by Crippen LogP contribution is 2.23. The van der Waals surface area contributed by atoms with E-state index in [1.165, 1.54) is 0 Å². The molecule has 1 aromatic carbocycles. The molecule has 0 atom stereocenters. The zero-order valence-electron chi connectivity index (χ0n) is 17.1. The first-order valence-corrected chi connectivity index (χ1v) is 9.35. The minimum Gasteiger partial charge on any atom is -0.497 e. The molecule has 0 heterocycles. The first-order chi connectivity index (χ1) is 12.4. The number of rotatable bonds is 11. The first kappa shape index (κ1) is 22.0. The number of amides is 1. The van der Waals surface area contributed by atoms with E-state index in [0.29, 0.717) is 17.4 Å². The molecule has 1 aromatic rings. The van der Waals surface area contributed by atoms with Crippen LogP contribution in [0.1, 0.15) is 33.3 Å². The molecule has 146 valence electrons. The average molecular weight is 363 g/mol. The van der Waals surface area contributed by atoms with Crippen LogP contribution in [0.3, 0.4) is 0 Å². The van der Waals surface area contributed by atoms with Crippen LogP contribution in [0, 0.1) is 5.92 Å². The van der Waals surface area contributed by atoms with Gasteiger partial charge in [-0.3, -0.25) is 4.79 Å². The smallest absolute Gasteiger partial charge is 0.246 e. The number of ether oxygens (including phenoxy) is 2. The molecule has 0 saturated carbocycles.